The molecule has 0 unspecified atom stereocenters. The molecule has 0 aliphatic carbocycles. The van der Waals surface area contributed by atoms with Crippen molar-refractivity contribution in [2.24, 2.45) is 0 Å². The average Bonchev–Trinajstić information content (AvgIpc) is 2.14. The first-order valence-corrected chi connectivity index (χ1v) is 4.84. The van der Waals surface area contributed by atoms with Gasteiger partial charge in [0.05, 0.1) is 6.61 Å². The lowest BCUT2D eigenvalue weighted by Crippen LogP contribution is -2.58. The van der Waals surface area contributed by atoms with E-state index in [9.17, 15) is 0 Å². The molecule has 1 aromatic rings. The third-order valence-corrected chi connectivity index (χ3v) is 3.22. The molecule has 0 aromatic heterocycles. The van der Waals surface area contributed by atoms with Gasteiger partial charge in [-0.15, -0.1) is 0 Å². The van der Waals surface area contributed by atoms with Crippen LogP contribution in [0.3, 0.4) is 0 Å². The standard InChI is InChI=1S/C11H13NO/c1-2-4-10-9(3-1)11(5-6-13-10)7-12-8-11/h1-4,12H,5-8H2. The van der Waals surface area contributed by atoms with Crippen molar-refractivity contribution in [1.29, 1.82) is 0 Å². The first-order valence-electron chi connectivity index (χ1n) is 4.84. The van der Waals surface area contributed by atoms with Crippen LogP contribution in [0, 0.1) is 0 Å². The number of nitrogens with one attached hydrogen (secondary N) is 1. The van der Waals surface area contributed by atoms with Gasteiger partial charge in [0.2, 0.25) is 0 Å². The lowest BCUT2D eigenvalue weighted by atomic mass is 9.71. The van der Waals surface area contributed by atoms with Crippen LogP contribution in [0.4, 0.5) is 0 Å². The van der Waals surface area contributed by atoms with Crippen molar-refractivity contribution in [2.45, 2.75) is 11.8 Å². The monoisotopic (exact) mass is 175 g/mol. The molecule has 0 atom stereocenters. The van der Waals surface area contributed by atoms with E-state index in [1.54, 1.807) is 0 Å². The summed E-state index contributed by atoms with van der Waals surface area (Å²) in [5, 5.41) is 3.36. The molecule has 68 valence electrons. The molecule has 2 nitrogen and oxygen atoms in total. The second-order valence-corrected chi connectivity index (χ2v) is 3.98. The summed E-state index contributed by atoms with van der Waals surface area (Å²) in [6.45, 7) is 3.11. The zero-order chi connectivity index (χ0) is 8.73. The summed E-state index contributed by atoms with van der Waals surface area (Å²) >= 11 is 0. The smallest absolute Gasteiger partial charge is 0.123 e. The second kappa shape index (κ2) is 2.48. The molecule has 1 N–H and O–H groups in total. The average molecular weight is 175 g/mol. The van der Waals surface area contributed by atoms with Crippen LogP contribution in [0.2, 0.25) is 0 Å². The van der Waals surface area contributed by atoms with Crippen molar-refractivity contribution < 1.29 is 4.74 Å². The van der Waals surface area contributed by atoms with Gasteiger partial charge in [-0.25, -0.2) is 0 Å². The Hall–Kier alpha value is -1.02. The summed E-state index contributed by atoms with van der Waals surface area (Å²) in [5.41, 5.74) is 1.80. The molecule has 1 saturated heterocycles. The van der Waals surface area contributed by atoms with Gasteiger partial charge in [0.25, 0.3) is 0 Å². The van der Waals surface area contributed by atoms with E-state index in [1.807, 2.05) is 6.07 Å². The summed E-state index contributed by atoms with van der Waals surface area (Å²) in [5.74, 6) is 1.09. The summed E-state index contributed by atoms with van der Waals surface area (Å²) in [6, 6.07) is 8.43. The second-order valence-electron chi connectivity index (χ2n) is 3.98. The zero-order valence-corrected chi connectivity index (χ0v) is 7.55. The molecule has 2 heteroatoms. The Morgan fingerprint density at radius 1 is 1.23 bits per heavy atom. The molecule has 0 radical (unpaired) electrons. The molecule has 3 rings (SSSR count). The highest BCUT2D eigenvalue weighted by Gasteiger charge is 2.42. The van der Waals surface area contributed by atoms with E-state index in [0.717, 1.165) is 31.9 Å². The number of hydrogen-bond acceptors (Lipinski definition) is 2. The fourth-order valence-corrected chi connectivity index (χ4v) is 2.32. The van der Waals surface area contributed by atoms with Crippen molar-refractivity contribution >= 4 is 0 Å². The van der Waals surface area contributed by atoms with Crippen LogP contribution in [0.5, 0.6) is 5.75 Å². The Balaban J connectivity index is 2.11. The normalized spacial score (nSPS) is 23.1. The van der Waals surface area contributed by atoms with E-state index < -0.39 is 0 Å². The van der Waals surface area contributed by atoms with Crippen molar-refractivity contribution in [3.8, 4) is 5.75 Å². The maximum atomic E-state index is 5.63. The number of rotatable bonds is 0. The van der Waals surface area contributed by atoms with Crippen LogP contribution in [0.1, 0.15) is 12.0 Å². The molecule has 1 fully saturated rings. The molecule has 1 aromatic carbocycles. The number of benzene rings is 1. The summed E-state index contributed by atoms with van der Waals surface area (Å²) in [7, 11) is 0. The van der Waals surface area contributed by atoms with Gasteiger partial charge in [0, 0.05) is 24.1 Å². The van der Waals surface area contributed by atoms with Crippen LogP contribution < -0.4 is 10.1 Å². The van der Waals surface area contributed by atoms with Crippen molar-refractivity contribution in [1.82, 2.24) is 5.32 Å². The van der Waals surface area contributed by atoms with Crippen LogP contribution in [0.15, 0.2) is 24.3 Å². The van der Waals surface area contributed by atoms with Crippen molar-refractivity contribution in [3.05, 3.63) is 29.8 Å². The van der Waals surface area contributed by atoms with Gasteiger partial charge in [-0.3, -0.25) is 0 Å². The van der Waals surface area contributed by atoms with E-state index in [0.29, 0.717) is 5.41 Å². The van der Waals surface area contributed by atoms with Crippen molar-refractivity contribution in [3.63, 3.8) is 0 Å². The molecular formula is C11H13NO. The topological polar surface area (TPSA) is 21.3 Å². The fourth-order valence-electron chi connectivity index (χ4n) is 2.32. The van der Waals surface area contributed by atoms with Gasteiger partial charge < -0.3 is 10.1 Å². The highest BCUT2D eigenvalue weighted by atomic mass is 16.5. The SMILES string of the molecule is c1ccc2c(c1)OCCC21CNC1. The minimum atomic E-state index is 0.398. The van der Waals surface area contributed by atoms with Gasteiger partial charge >= 0.3 is 0 Å². The number of hydrogen-bond donors (Lipinski definition) is 1. The van der Waals surface area contributed by atoms with Gasteiger partial charge in [0.15, 0.2) is 0 Å². The first kappa shape index (κ1) is 7.39. The first-order chi connectivity index (χ1) is 6.41. The van der Waals surface area contributed by atoms with Crippen molar-refractivity contribution in [2.75, 3.05) is 19.7 Å². The number of para-hydroxylation sites is 1. The summed E-state index contributed by atoms with van der Waals surface area (Å²) in [4.78, 5) is 0. The minimum Gasteiger partial charge on any atom is -0.493 e. The van der Waals surface area contributed by atoms with E-state index in [-0.39, 0.29) is 0 Å². The molecule has 1 spiro atoms. The summed E-state index contributed by atoms with van der Waals surface area (Å²) < 4.78 is 5.63. The minimum absolute atomic E-state index is 0.398. The molecule has 2 aliphatic rings. The molecule has 0 amide bonds. The highest BCUT2D eigenvalue weighted by molar-refractivity contribution is 5.43. The number of fused-ring (bicyclic) bond motifs is 2. The quantitative estimate of drug-likeness (QED) is 0.642. The lowest BCUT2D eigenvalue weighted by molar-refractivity contribution is 0.163. The zero-order valence-electron chi connectivity index (χ0n) is 7.55. The predicted octanol–water partition coefficient (Wildman–Crippen LogP) is 1.31. The van der Waals surface area contributed by atoms with Crippen LogP contribution in [-0.4, -0.2) is 19.7 Å². The Morgan fingerprint density at radius 3 is 2.85 bits per heavy atom. The highest BCUT2D eigenvalue weighted by Crippen LogP contribution is 2.40. The Kier molecular flexibility index (Phi) is 1.41. The Morgan fingerprint density at radius 2 is 2.08 bits per heavy atom. The van der Waals surface area contributed by atoms with E-state index in [4.69, 9.17) is 4.74 Å². The van der Waals surface area contributed by atoms with E-state index in [1.165, 1.54) is 5.56 Å². The molecule has 13 heavy (non-hydrogen) atoms. The van der Waals surface area contributed by atoms with E-state index >= 15 is 0 Å². The maximum absolute atomic E-state index is 5.63. The fraction of sp³-hybridized carbons (Fsp3) is 0.455. The van der Waals surface area contributed by atoms with E-state index in [2.05, 4.69) is 23.5 Å². The largest absolute Gasteiger partial charge is 0.493 e. The van der Waals surface area contributed by atoms with Gasteiger partial charge in [-0.1, -0.05) is 18.2 Å². The van der Waals surface area contributed by atoms with Gasteiger partial charge in [-0.2, -0.15) is 0 Å². The Bertz CT molecular complexity index is 331. The lowest BCUT2D eigenvalue weighted by Gasteiger charge is -2.46. The van der Waals surface area contributed by atoms with Crippen LogP contribution in [0.25, 0.3) is 0 Å². The van der Waals surface area contributed by atoms with Crippen LogP contribution in [-0.2, 0) is 5.41 Å². The summed E-state index contributed by atoms with van der Waals surface area (Å²) in [6.07, 6.45) is 1.16. The third-order valence-electron chi connectivity index (χ3n) is 3.22. The Labute approximate surface area is 77.9 Å². The van der Waals surface area contributed by atoms with Gasteiger partial charge in [-0.05, 0) is 12.5 Å². The molecule has 2 heterocycles. The molecule has 0 bridgehead atoms. The number of ether oxygens (including phenoxy) is 1. The molecule has 0 saturated carbocycles. The maximum Gasteiger partial charge on any atom is 0.123 e. The predicted molar refractivity (Wildman–Crippen MR) is 51.1 cm³/mol. The van der Waals surface area contributed by atoms with Crippen LogP contribution >= 0.6 is 0 Å². The molecular weight excluding hydrogens is 162 g/mol. The molecule has 2 aliphatic heterocycles. The third kappa shape index (κ3) is 0.923. The van der Waals surface area contributed by atoms with Gasteiger partial charge in [0.1, 0.15) is 5.75 Å².